The molecule has 0 radical (unpaired) electrons. The Morgan fingerprint density at radius 2 is 2.21 bits per heavy atom. The molecule has 2 heterocycles. The Kier molecular flexibility index (Phi) is 5.73. The van der Waals surface area contributed by atoms with E-state index < -0.39 is 6.10 Å². The number of halogens is 1. The van der Waals surface area contributed by atoms with E-state index in [4.69, 9.17) is 9.47 Å². The number of rotatable bonds is 7. The van der Waals surface area contributed by atoms with Gasteiger partial charge in [-0.05, 0) is 24.3 Å². The molecule has 0 unspecified atom stereocenters. The first-order valence-corrected chi connectivity index (χ1v) is 7.92. The maximum absolute atomic E-state index is 12.8. The SMILES string of the molecule is O[C@H](COc1ccc(F)cc1)CN1CCO[C@H](Cn2cncn2)C1. The Balaban J connectivity index is 1.41. The van der Waals surface area contributed by atoms with Crippen LogP contribution in [-0.2, 0) is 11.3 Å². The summed E-state index contributed by atoms with van der Waals surface area (Å²) in [5.74, 6) is 0.233. The fraction of sp³-hybridized carbons (Fsp3) is 0.500. The molecule has 1 saturated heterocycles. The van der Waals surface area contributed by atoms with Gasteiger partial charge in [-0.1, -0.05) is 0 Å². The van der Waals surface area contributed by atoms with Crippen molar-refractivity contribution in [2.24, 2.45) is 0 Å². The normalized spacial score (nSPS) is 20.0. The summed E-state index contributed by atoms with van der Waals surface area (Å²) in [5.41, 5.74) is 0. The average Bonchev–Trinajstić information content (AvgIpc) is 3.08. The van der Waals surface area contributed by atoms with Crippen LogP contribution in [0.15, 0.2) is 36.9 Å². The first-order valence-electron chi connectivity index (χ1n) is 7.92. The number of nitrogens with zero attached hydrogens (tertiary/aromatic N) is 4. The van der Waals surface area contributed by atoms with E-state index in [-0.39, 0.29) is 18.5 Å². The smallest absolute Gasteiger partial charge is 0.137 e. The standard InChI is InChI=1S/C16H21FN4O3/c17-13-1-3-15(4-2-13)24-10-14(22)7-20-5-6-23-16(8-20)9-21-12-18-11-19-21/h1-4,11-12,14,16,22H,5-10H2/t14-,16-/m0/s1. The van der Waals surface area contributed by atoms with E-state index in [1.807, 2.05) is 0 Å². The number of aliphatic hydroxyl groups is 1. The van der Waals surface area contributed by atoms with E-state index in [0.717, 1.165) is 6.54 Å². The third kappa shape index (κ3) is 4.98. The fourth-order valence-corrected chi connectivity index (χ4v) is 2.67. The van der Waals surface area contributed by atoms with Crippen LogP contribution in [0.5, 0.6) is 5.75 Å². The Labute approximate surface area is 139 Å². The van der Waals surface area contributed by atoms with Crippen molar-refractivity contribution in [3.8, 4) is 5.75 Å². The number of hydrogen-bond donors (Lipinski definition) is 1. The first kappa shape index (κ1) is 16.8. The van der Waals surface area contributed by atoms with Gasteiger partial charge in [0.1, 0.15) is 36.9 Å². The Bertz CT molecular complexity index is 608. The van der Waals surface area contributed by atoms with Crippen LogP contribution in [0.25, 0.3) is 0 Å². The average molecular weight is 336 g/mol. The Hall–Kier alpha value is -2.03. The number of morpholine rings is 1. The van der Waals surface area contributed by atoms with Crippen LogP contribution in [0.2, 0.25) is 0 Å². The minimum absolute atomic E-state index is 0.0191. The molecule has 2 atom stereocenters. The lowest BCUT2D eigenvalue weighted by molar-refractivity contribution is -0.0517. The number of aromatic nitrogens is 3. The molecule has 1 aliphatic heterocycles. The number of benzene rings is 1. The lowest BCUT2D eigenvalue weighted by Crippen LogP contribution is -2.47. The zero-order chi connectivity index (χ0) is 16.8. The number of β-amino-alcohol motifs (C(OH)–C–C–N with tert-alkyl or cyclic N) is 1. The summed E-state index contributed by atoms with van der Waals surface area (Å²) in [6, 6.07) is 5.76. The van der Waals surface area contributed by atoms with Crippen molar-refractivity contribution in [1.29, 1.82) is 0 Å². The zero-order valence-electron chi connectivity index (χ0n) is 13.3. The van der Waals surface area contributed by atoms with Crippen molar-refractivity contribution < 1.29 is 19.0 Å². The topological polar surface area (TPSA) is 72.6 Å². The summed E-state index contributed by atoms with van der Waals surface area (Å²) in [6.07, 6.45) is 2.55. The molecule has 1 aliphatic rings. The lowest BCUT2D eigenvalue weighted by Gasteiger charge is -2.33. The highest BCUT2D eigenvalue weighted by Gasteiger charge is 2.23. The largest absolute Gasteiger partial charge is 0.491 e. The van der Waals surface area contributed by atoms with Crippen molar-refractivity contribution in [1.82, 2.24) is 19.7 Å². The van der Waals surface area contributed by atoms with E-state index in [1.54, 1.807) is 23.1 Å². The predicted octanol–water partition coefficient (Wildman–Crippen LogP) is 0.558. The van der Waals surface area contributed by atoms with Gasteiger partial charge in [0.2, 0.25) is 0 Å². The molecule has 2 aromatic rings. The van der Waals surface area contributed by atoms with Crippen LogP contribution in [0.1, 0.15) is 0 Å². The van der Waals surface area contributed by atoms with Crippen molar-refractivity contribution in [3.05, 3.63) is 42.7 Å². The van der Waals surface area contributed by atoms with Crippen molar-refractivity contribution in [2.45, 2.75) is 18.8 Å². The maximum Gasteiger partial charge on any atom is 0.137 e. The summed E-state index contributed by atoms with van der Waals surface area (Å²) < 4.78 is 25.8. The van der Waals surface area contributed by atoms with Gasteiger partial charge >= 0.3 is 0 Å². The molecule has 3 rings (SSSR count). The van der Waals surface area contributed by atoms with Crippen LogP contribution in [-0.4, -0.2) is 69.8 Å². The molecule has 0 amide bonds. The molecule has 0 spiro atoms. The van der Waals surface area contributed by atoms with Gasteiger partial charge in [-0.2, -0.15) is 5.10 Å². The Morgan fingerprint density at radius 3 is 2.96 bits per heavy atom. The molecule has 7 nitrogen and oxygen atoms in total. The quantitative estimate of drug-likeness (QED) is 0.796. The second-order valence-electron chi connectivity index (χ2n) is 5.79. The van der Waals surface area contributed by atoms with E-state index in [0.29, 0.717) is 32.0 Å². The van der Waals surface area contributed by atoms with Crippen molar-refractivity contribution in [2.75, 3.05) is 32.8 Å². The third-order valence-corrected chi connectivity index (χ3v) is 3.81. The molecule has 1 aromatic heterocycles. The van der Waals surface area contributed by atoms with Gasteiger partial charge in [0.25, 0.3) is 0 Å². The van der Waals surface area contributed by atoms with Crippen LogP contribution in [0.3, 0.4) is 0 Å². The third-order valence-electron chi connectivity index (χ3n) is 3.81. The van der Waals surface area contributed by atoms with Gasteiger partial charge in [-0.15, -0.1) is 0 Å². The minimum atomic E-state index is -0.625. The van der Waals surface area contributed by atoms with Gasteiger partial charge in [0, 0.05) is 19.6 Å². The maximum atomic E-state index is 12.8. The fourth-order valence-electron chi connectivity index (χ4n) is 2.67. The van der Waals surface area contributed by atoms with Crippen LogP contribution in [0, 0.1) is 5.82 Å². The molecule has 0 bridgehead atoms. The van der Waals surface area contributed by atoms with Crippen molar-refractivity contribution >= 4 is 0 Å². The molecular weight excluding hydrogens is 315 g/mol. The van der Waals surface area contributed by atoms with Crippen molar-refractivity contribution in [3.63, 3.8) is 0 Å². The minimum Gasteiger partial charge on any atom is -0.491 e. The molecule has 1 N–H and O–H groups in total. The lowest BCUT2D eigenvalue weighted by atomic mass is 10.2. The zero-order valence-corrected chi connectivity index (χ0v) is 13.3. The highest BCUT2D eigenvalue weighted by atomic mass is 19.1. The summed E-state index contributed by atoms with van der Waals surface area (Å²) in [6.45, 7) is 3.40. The predicted molar refractivity (Wildman–Crippen MR) is 84.1 cm³/mol. The van der Waals surface area contributed by atoms with Crippen LogP contribution in [0.4, 0.5) is 4.39 Å². The number of aliphatic hydroxyl groups excluding tert-OH is 1. The summed E-state index contributed by atoms with van der Waals surface area (Å²) in [5, 5.41) is 14.2. The molecule has 0 saturated carbocycles. The summed E-state index contributed by atoms with van der Waals surface area (Å²) >= 11 is 0. The van der Waals surface area contributed by atoms with Gasteiger partial charge in [0.05, 0.1) is 19.3 Å². The molecule has 130 valence electrons. The molecular formula is C16H21FN4O3. The highest BCUT2D eigenvalue weighted by molar-refractivity contribution is 5.22. The van der Waals surface area contributed by atoms with Crippen LogP contribution >= 0.6 is 0 Å². The number of ether oxygens (including phenoxy) is 2. The Morgan fingerprint density at radius 1 is 1.38 bits per heavy atom. The van der Waals surface area contributed by atoms with E-state index in [2.05, 4.69) is 15.0 Å². The molecule has 24 heavy (non-hydrogen) atoms. The highest BCUT2D eigenvalue weighted by Crippen LogP contribution is 2.12. The van der Waals surface area contributed by atoms with Gasteiger partial charge in [0.15, 0.2) is 0 Å². The molecule has 8 heteroatoms. The van der Waals surface area contributed by atoms with Gasteiger partial charge < -0.3 is 14.6 Å². The van der Waals surface area contributed by atoms with Gasteiger partial charge in [-0.25, -0.2) is 9.37 Å². The second kappa shape index (κ2) is 8.18. The summed E-state index contributed by atoms with van der Waals surface area (Å²) in [7, 11) is 0. The van der Waals surface area contributed by atoms with Crippen LogP contribution < -0.4 is 4.74 Å². The monoisotopic (exact) mass is 336 g/mol. The van der Waals surface area contributed by atoms with Gasteiger partial charge in [-0.3, -0.25) is 9.58 Å². The molecule has 0 aliphatic carbocycles. The summed E-state index contributed by atoms with van der Waals surface area (Å²) in [4.78, 5) is 6.06. The van der Waals surface area contributed by atoms with E-state index >= 15 is 0 Å². The second-order valence-corrected chi connectivity index (χ2v) is 5.79. The van der Waals surface area contributed by atoms with E-state index in [9.17, 15) is 9.50 Å². The number of hydrogen-bond acceptors (Lipinski definition) is 6. The first-order chi connectivity index (χ1) is 11.7. The molecule has 1 fully saturated rings. The molecule has 1 aromatic carbocycles. The van der Waals surface area contributed by atoms with E-state index in [1.165, 1.54) is 18.5 Å².